The standard InChI is InChI=1S/C17H21ClN2/c1-3-20(16-7-5-4-6-13(16)2)17(12-19)14-8-10-15(18)11-9-14/h4-11,17H,3,12,19H2,1-2H3. The first kappa shape index (κ1) is 14.9. The van der Waals surface area contributed by atoms with Gasteiger partial charge in [-0.15, -0.1) is 0 Å². The SMILES string of the molecule is CCN(c1ccccc1C)C(CN)c1ccc(Cl)cc1. The van der Waals surface area contributed by atoms with Crippen LogP contribution in [0.5, 0.6) is 0 Å². The molecule has 20 heavy (non-hydrogen) atoms. The van der Waals surface area contributed by atoms with Crippen molar-refractivity contribution in [3.05, 3.63) is 64.7 Å². The molecule has 1 atom stereocenters. The molecule has 1 unspecified atom stereocenters. The zero-order valence-corrected chi connectivity index (χ0v) is 12.8. The molecule has 106 valence electrons. The zero-order valence-electron chi connectivity index (χ0n) is 12.0. The highest BCUT2D eigenvalue weighted by Crippen LogP contribution is 2.29. The van der Waals surface area contributed by atoms with E-state index in [-0.39, 0.29) is 6.04 Å². The Balaban J connectivity index is 2.38. The third kappa shape index (κ3) is 3.14. The minimum absolute atomic E-state index is 0.165. The van der Waals surface area contributed by atoms with Gasteiger partial charge in [0.05, 0.1) is 6.04 Å². The van der Waals surface area contributed by atoms with Crippen LogP contribution in [0.25, 0.3) is 0 Å². The number of hydrogen-bond acceptors (Lipinski definition) is 2. The molecule has 2 N–H and O–H groups in total. The Labute approximate surface area is 126 Å². The molecule has 0 saturated carbocycles. The van der Waals surface area contributed by atoms with Crippen molar-refractivity contribution in [3.63, 3.8) is 0 Å². The molecule has 0 spiro atoms. The highest BCUT2D eigenvalue weighted by atomic mass is 35.5. The molecule has 0 fully saturated rings. The smallest absolute Gasteiger partial charge is 0.0664 e. The molecule has 0 aliphatic heterocycles. The highest BCUT2D eigenvalue weighted by molar-refractivity contribution is 6.30. The van der Waals surface area contributed by atoms with E-state index < -0.39 is 0 Å². The fourth-order valence-corrected chi connectivity index (χ4v) is 2.70. The van der Waals surface area contributed by atoms with Gasteiger partial charge in [0, 0.05) is 23.8 Å². The summed E-state index contributed by atoms with van der Waals surface area (Å²) >= 11 is 5.97. The van der Waals surface area contributed by atoms with E-state index in [2.05, 4.69) is 55.1 Å². The highest BCUT2D eigenvalue weighted by Gasteiger charge is 2.19. The topological polar surface area (TPSA) is 29.3 Å². The van der Waals surface area contributed by atoms with Crippen LogP contribution in [0.3, 0.4) is 0 Å². The largest absolute Gasteiger partial charge is 0.363 e. The van der Waals surface area contributed by atoms with Crippen LogP contribution in [0.1, 0.15) is 24.1 Å². The van der Waals surface area contributed by atoms with E-state index in [1.807, 2.05) is 12.1 Å². The first-order valence-corrected chi connectivity index (χ1v) is 7.33. The van der Waals surface area contributed by atoms with Gasteiger partial charge in [-0.05, 0) is 43.2 Å². The number of benzene rings is 2. The number of rotatable bonds is 5. The summed E-state index contributed by atoms with van der Waals surface area (Å²) in [5.74, 6) is 0. The van der Waals surface area contributed by atoms with Gasteiger partial charge in [0.1, 0.15) is 0 Å². The van der Waals surface area contributed by atoms with E-state index in [1.165, 1.54) is 16.8 Å². The summed E-state index contributed by atoms with van der Waals surface area (Å²) in [5.41, 5.74) is 9.73. The molecule has 2 rings (SSSR count). The van der Waals surface area contributed by atoms with Crippen molar-refractivity contribution in [3.8, 4) is 0 Å². The number of hydrogen-bond donors (Lipinski definition) is 1. The second-order valence-corrected chi connectivity index (χ2v) is 5.31. The molecular weight excluding hydrogens is 268 g/mol. The maximum Gasteiger partial charge on any atom is 0.0664 e. The average molecular weight is 289 g/mol. The van der Waals surface area contributed by atoms with Crippen LogP contribution in [0.15, 0.2) is 48.5 Å². The molecule has 0 amide bonds. The van der Waals surface area contributed by atoms with Crippen molar-refractivity contribution in [1.29, 1.82) is 0 Å². The number of likely N-dealkylation sites (N-methyl/N-ethyl adjacent to an activating group) is 1. The Morgan fingerprint density at radius 2 is 1.75 bits per heavy atom. The van der Waals surface area contributed by atoms with Gasteiger partial charge < -0.3 is 10.6 Å². The fourth-order valence-electron chi connectivity index (χ4n) is 2.57. The van der Waals surface area contributed by atoms with Crippen molar-refractivity contribution in [2.45, 2.75) is 19.9 Å². The minimum atomic E-state index is 0.165. The molecule has 0 aliphatic carbocycles. The molecule has 0 bridgehead atoms. The monoisotopic (exact) mass is 288 g/mol. The van der Waals surface area contributed by atoms with Crippen molar-refractivity contribution >= 4 is 17.3 Å². The Kier molecular flexibility index (Phi) is 5.05. The quantitative estimate of drug-likeness (QED) is 0.894. The maximum absolute atomic E-state index is 6.03. The van der Waals surface area contributed by atoms with E-state index in [9.17, 15) is 0 Å². The molecular formula is C17H21ClN2. The van der Waals surface area contributed by atoms with E-state index in [0.29, 0.717) is 6.54 Å². The first-order chi connectivity index (χ1) is 9.67. The van der Waals surface area contributed by atoms with Crippen molar-refractivity contribution in [2.24, 2.45) is 5.73 Å². The van der Waals surface area contributed by atoms with Crippen LogP contribution in [-0.2, 0) is 0 Å². The first-order valence-electron chi connectivity index (χ1n) is 6.95. The molecule has 0 heterocycles. The van der Waals surface area contributed by atoms with Crippen LogP contribution in [0.2, 0.25) is 5.02 Å². The third-order valence-electron chi connectivity index (χ3n) is 3.62. The van der Waals surface area contributed by atoms with Gasteiger partial charge >= 0.3 is 0 Å². The second kappa shape index (κ2) is 6.78. The average Bonchev–Trinajstić information content (AvgIpc) is 2.47. The lowest BCUT2D eigenvalue weighted by Gasteiger charge is -2.33. The Bertz CT molecular complexity index is 551. The molecule has 0 aliphatic rings. The molecule has 0 aromatic heterocycles. The van der Waals surface area contributed by atoms with Crippen LogP contribution in [0.4, 0.5) is 5.69 Å². The van der Waals surface area contributed by atoms with Gasteiger partial charge in [-0.2, -0.15) is 0 Å². The van der Waals surface area contributed by atoms with Gasteiger partial charge in [0.2, 0.25) is 0 Å². The van der Waals surface area contributed by atoms with Crippen LogP contribution in [0, 0.1) is 6.92 Å². The maximum atomic E-state index is 6.03. The van der Waals surface area contributed by atoms with Gasteiger partial charge in [0.25, 0.3) is 0 Å². The lowest BCUT2D eigenvalue weighted by Crippen LogP contribution is -2.34. The van der Waals surface area contributed by atoms with Crippen molar-refractivity contribution in [2.75, 3.05) is 18.0 Å². The van der Waals surface area contributed by atoms with Gasteiger partial charge in [-0.25, -0.2) is 0 Å². The number of para-hydroxylation sites is 1. The number of anilines is 1. The molecule has 3 heteroatoms. The van der Waals surface area contributed by atoms with Crippen molar-refractivity contribution < 1.29 is 0 Å². The lowest BCUT2D eigenvalue weighted by molar-refractivity contribution is 0.642. The summed E-state index contributed by atoms with van der Waals surface area (Å²) < 4.78 is 0. The Hall–Kier alpha value is -1.51. The summed E-state index contributed by atoms with van der Waals surface area (Å²) in [7, 11) is 0. The summed E-state index contributed by atoms with van der Waals surface area (Å²) in [6.07, 6.45) is 0. The Morgan fingerprint density at radius 1 is 1.10 bits per heavy atom. The van der Waals surface area contributed by atoms with E-state index in [0.717, 1.165) is 11.6 Å². The normalized spacial score (nSPS) is 12.2. The summed E-state index contributed by atoms with van der Waals surface area (Å²) in [6.45, 7) is 5.78. The molecule has 0 saturated heterocycles. The van der Waals surface area contributed by atoms with E-state index in [1.54, 1.807) is 0 Å². The van der Waals surface area contributed by atoms with E-state index >= 15 is 0 Å². The van der Waals surface area contributed by atoms with Gasteiger partial charge in [-0.1, -0.05) is 41.9 Å². The molecule has 2 aromatic carbocycles. The van der Waals surface area contributed by atoms with Crippen molar-refractivity contribution in [1.82, 2.24) is 0 Å². The predicted octanol–water partition coefficient (Wildman–Crippen LogP) is 4.17. The zero-order chi connectivity index (χ0) is 14.5. The number of nitrogens with zero attached hydrogens (tertiary/aromatic N) is 1. The fraction of sp³-hybridized carbons (Fsp3) is 0.294. The number of nitrogens with two attached hydrogens (primary N) is 1. The van der Waals surface area contributed by atoms with Gasteiger partial charge in [-0.3, -0.25) is 0 Å². The van der Waals surface area contributed by atoms with Crippen LogP contribution >= 0.6 is 11.6 Å². The number of halogens is 1. The van der Waals surface area contributed by atoms with E-state index in [4.69, 9.17) is 17.3 Å². The van der Waals surface area contributed by atoms with Crippen LogP contribution < -0.4 is 10.6 Å². The lowest BCUT2D eigenvalue weighted by atomic mass is 10.0. The molecule has 0 radical (unpaired) electrons. The summed E-state index contributed by atoms with van der Waals surface area (Å²) in [6, 6.07) is 16.5. The minimum Gasteiger partial charge on any atom is -0.363 e. The second-order valence-electron chi connectivity index (χ2n) is 4.88. The third-order valence-corrected chi connectivity index (χ3v) is 3.87. The van der Waals surface area contributed by atoms with Crippen LogP contribution in [-0.4, -0.2) is 13.1 Å². The predicted molar refractivity (Wildman–Crippen MR) is 87.4 cm³/mol. The van der Waals surface area contributed by atoms with Gasteiger partial charge in [0.15, 0.2) is 0 Å². The number of aryl methyl sites for hydroxylation is 1. The Morgan fingerprint density at radius 3 is 2.30 bits per heavy atom. The summed E-state index contributed by atoms with van der Waals surface area (Å²) in [5, 5.41) is 0.753. The molecule has 2 aromatic rings. The molecule has 2 nitrogen and oxygen atoms in total. The summed E-state index contributed by atoms with van der Waals surface area (Å²) in [4.78, 5) is 2.35.